The molecule has 0 aromatic heterocycles. The molecule has 0 aromatic carbocycles. The Bertz CT molecular complexity index is 30.4. The molecule has 0 heterocycles. The van der Waals surface area contributed by atoms with Crippen LogP contribution in [-0.2, 0) is 0 Å². The fourth-order valence-corrected chi connectivity index (χ4v) is 0. The molecular formula is FKMgO3Si. The molecule has 0 aliphatic carbocycles. The van der Waals surface area contributed by atoms with E-state index in [2.05, 4.69) is 0 Å². The van der Waals surface area contributed by atoms with Crippen LogP contribution in [0.25, 0.3) is 0 Å². The molecular weight excluding hydrogens is 158 g/mol. The molecule has 0 unspecified atom stereocenters. The minimum Gasteiger partial charge on any atom is -0.857 e. The molecule has 0 rings (SSSR count). The maximum Gasteiger partial charge on any atom is 2.00 e. The molecule has 7 heteroatoms. The van der Waals surface area contributed by atoms with Crippen molar-refractivity contribution in [2.24, 2.45) is 0 Å². The van der Waals surface area contributed by atoms with Crippen molar-refractivity contribution < 1.29 is 69.9 Å². The van der Waals surface area contributed by atoms with Gasteiger partial charge >= 0.3 is 74.4 Å². The van der Waals surface area contributed by atoms with Crippen LogP contribution in [0.5, 0.6) is 0 Å². The van der Waals surface area contributed by atoms with Crippen molar-refractivity contribution in [1.29, 1.82) is 0 Å². The molecule has 0 aliphatic heterocycles. The Labute approximate surface area is 100 Å². The van der Waals surface area contributed by atoms with E-state index < -0.39 is 9.14 Å². The van der Waals surface area contributed by atoms with E-state index in [1.807, 2.05) is 0 Å². The molecule has 7 heavy (non-hydrogen) atoms. The fraction of sp³-hybridized carbons (Fsp3) is 0. The monoisotopic (exact) mass is 158 g/mol. The van der Waals surface area contributed by atoms with Crippen LogP contribution >= 0.6 is 0 Å². The molecule has 0 saturated heterocycles. The van der Waals surface area contributed by atoms with Crippen LogP contribution in [0.4, 0.5) is 4.11 Å². The van der Waals surface area contributed by atoms with Gasteiger partial charge in [0.05, 0.1) is 0 Å². The normalized spacial score (nSPS) is 8.57. The average Bonchev–Trinajstić information content (AvgIpc) is 0.722. The van der Waals surface area contributed by atoms with Crippen LogP contribution in [0.3, 0.4) is 0 Å². The van der Waals surface area contributed by atoms with Crippen LogP contribution in [-0.4, -0.2) is 32.2 Å². The topological polar surface area (TPSA) is 69.2 Å². The second-order valence-corrected chi connectivity index (χ2v) is 1.44. The molecule has 3 nitrogen and oxygen atoms in total. The average molecular weight is 158 g/mol. The second kappa shape index (κ2) is 6.55. The van der Waals surface area contributed by atoms with Crippen molar-refractivity contribution in [3.8, 4) is 0 Å². The summed E-state index contributed by atoms with van der Waals surface area (Å²) in [6, 6.07) is 0. The van der Waals surface area contributed by atoms with Gasteiger partial charge < -0.3 is 18.5 Å². The van der Waals surface area contributed by atoms with Gasteiger partial charge in [0.2, 0.25) is 0 Å². The Hall–Kier alpha value is 2.43. The van der Waals surface area contributed by atoms with Gasteiger partial charge in [-0.15, -0.1) is 0 Å². The molecule has 0 radical (unpaired) electrons. The van der Waals surface area contributed by atoms with Gasteiger partial charge in [-0.05, 0) is 0 Å². The van der Waals surface area contributed by atoms with Crippen molar-refractivity contribution in [3.63, 3.8) is 0 Å². The first-order chi connectivity index (χ1) is 2.00. The Balaban J connectivity index is -0.0000000800. The minimum absolute atomic E-state index is 0. The summed E-state index contributed by atoms with van der Waals surface area (Å²) in [6.07, 6.45) is 0. The first kappa shape index (κ1) is 16.2. The van der Waals surface area contributed by atoms with E-state index in [-0.39, 0.29) is 74.4 Å². The van der Waals surface area contributed by atoms with E-state index in [0.29, 0.717) is 0 Å². The summed E-state index contributed by atoms with van der Waals surface area (Å²) in [5.41, 5.74) is 0. The zero-order chi connectivity index (χ0) is 4.50. The summed E-state index contributed by atoms with van der Waals surface area (Å²) in [7, 11) is -5.86. The van der Waals surface area contributed by atoms with E-state index in [1.54, 1.807) is 0 Å². The molecule has 0 amide bonds. The maximum absolute atomic E-state index is 10.2. The third-order valence-electron chi connectivity index (χ3n) is 0. The summed E-state index contributed by atoms with van der Waals surface area (Å²) < 4.78 is 10.2. The molecule has 0 N–H and O–H groups in total. The molecule has 0 aromatic rings. The maximum atomic E-state index is 10.2. The predicted octanol–water partition coefficient (Wildman–Crippen LogP) is -6.90. The molecule has 0 aliphatic rings. The van der Waals surface area contributed by atoms with Gasteiger partial charge in [-0.1, -0.05) is 9.14 Å². The first-order valence-corrected chi connectivity index (χ1v) is 2.40. The van der Waals surface area contributed by atoms with Gasteiger partial charge in [0, 0.05) is 0 Å². The molecule has 0 spiro atoms. The molecule has 0 saturated carbocycles. The quantitative estimate of drug-likeness (QED) is 0.260. The Morgan fingerprint density at radius 2 is 1.14 bits per heavy atom. The third-order valence-corrected chi connectivity index (χ3v) is 0. The van der Waals surface area contributed by atoms with Crippen LogP contribution in [0.15, 0.2) is 0 Å². The van der Waals surface area contributed by atoms with Gasteiger partial charge in [0.1, 0.15) is 0 Å². The van der Waals surface area contributed by atoms with Gasteiger partial charge in [0.25, 0.3) is 0 Å². The predicted molar refractivity (Wildman–Crippen MR) is 12.6 cm³/mol. The van der Waals surface area contributed by atoms with Crippen molar-refractivity contribution in [1.82, 2.24) is 0 Å². The zero-order valence-corrected chi connectivity index (χ0v) is 9.35. The van der Waals surface area contributed by atoms with Gasteiger partial charge in [-0.25, -0.2) is 0 Å². The Morgan fingerprint density at radius 1 is 1.14 bits per heavy atom. The van der Waals surface area contributed by atoms with Gasteiger partial charge in [0.15, 0.2) is 0 Å². The van der Waals surface area contributed by atoms with Crippen LogP contribution in [0, 0.1) is 0 Å². The van der Waals surface area contributed by atoms with E-state index in [1.165, 1.54) is 0 Å². The summed E-state index contributed by atoms with van der Waals surface area (Å²) in [5.74, 6) is 0. The van der Waals surface area contributed by atoms with Crippen molar-refractivity contribution >= 4 is 32.2 Å². The van der Waals surface area contributed by atoms with E-state index >= 15 is 0 Å². The first-order valence-electron chi connectivity index (χ1n) is 0.801. The Kier molecular flexibility index (Phi) is 15.2. The van der Waals surface area contributed by atoms with Crippen LogP contribution in [0.2, 0.25) is 0 Å². The second-order valence-electron chi connectivity index (χ2n) is 0.481. The third kappa shape index (κ3) is 59.0. The van der Waals surface area contributed by atoms with Gasteiger partial charge in [-0.2, -0.15) is 0 Å². The van der Waals surface area contributed by atoms with Crippen LogP contribution in [0.1, 0.15) is 0 Å². The summed E-state index contributed by atoms with van der Waals surface area (Å²) >= 11 is 0. The van der Waals surface area contributed by atoms with Crippen LogP contribution < -0.4 is 65.8 Å². The molecule has 0 bridgehead atoms. The SMILES string of the molecule is [K+].[Mg+2].[O-][Si]([O-])([O-])F. The standard InChI is InChI=1S/FO3Si.K.Mg/c1-5(2,3)4;;/q-3;+1;+2. The summed E-state index contributed by atoms with van der Waals surface area (Å²) in [4.78, 5) is 25.4. The number of hydrogen-bond acceptors (Lipinski definition) is 3. The van der Waals surface area contributed by atoms with Crippen molar-refractivity contribution in [2.45, 2.75) is 0 Å². The Morgan fingerprint density at radius 3 is 1.14 bits per heavy atom. The van der Waals surface area contributed by atoms with Crippen molar-refractivity contribution in [3.05, 3.63) is 0 Å². The summed E-state index contributed by atoms with van der Waals surface area (Å²) in [5, 5.41) is 0. The largest absolute Gasteiger partial charge is 2.00 e. The smallest absolute Gasteiger partial charge is 0.857 e. The zero-order valence-electron chi connectivity index (χ0n) is 3.81. The molecule has 32 valence electrons. The fourth-order valence-electron chi connectivity index (χ4n) is 0. The molecule has 0 fully saturated rings. The van der Waals surface area contributed by atoms with E-state index in [0.717, 1.165) is 0 Å². The van der Waals surface area contributed by atoms with Crippen molar-refractivity contribution in [2.75, 3.05) is 0 Å². The minimum atomic E-state index is -5.86. The number of rotatable bonds is 0. The summed E-state index contributed by atoms with van der Waals surface area (Å²) in [6.45, 7) is 0. The number of hydrogen-bond donors (Lipinski definition) is 0. The van der Waals surface area contributed by atoms with E-state index in [4.69, 9.17) is 14.4 Å². The van der Waals surface area contributed by atoms with E-state index in [9.17, 15) is 4.11 Å². The van der Waals surface area contributed by atoms with Gasteiger partial charge in [-0.3, -0.25) is 0 Å². The number of halogens is 1. The molecule has 0 atom stereocenters.